The van der Waals surface area contributed by atoms with Gasteiger partial charge in [0.05, 0.1) is 7.05 Å². The number of hydrogen-bond donors (Lipinski definition) is 1. The van der Waals surface area contributed by atoms with Gasteiger partial charge < -0.3 is 5.32 Å². The first kappa shape index (κ1) is 12.5. The summed E-state index contributed by atoms with van der Waals surface area (Å²) in [5.41, 5.74) is 0. The fraction of sp³-hybridized carbons (Fsp3) is 0.917. The number of aromatic nitrogens is 4. The van der Waals surface area contributed by atoms with Gasteiger partial charge in [0.15, 0.2) is 5.82 Å². The molecule has 2 atom stereocenters. The number of rotatable bonds is 5. The molecule has 0 radical (unpaired) electrons. The molecule has 1 aliphatic carbocycles. The molecular formula is C12H23N5. The molecule has 1 fully saturated rings. The molecule has 1 heterocycles. The highest BCUT2D eigenvalue weighted by atomic mass is 15.6. The molecule has 96 valence electrons. The average Bonchev–Trinajstić information content (AvgIpc) is 2.86. The van der Waals surface area contributed by atoms with E-state index in [2.05, 4.69) is 34.6 Å². The zero-order valence-corrected chi connectivity index (χ0v) is 11.1. The van der Waals surface area contributed by atoms with Crippen molar-refractivity contribution in [2.24, 2.45) is 18.9 Å². The Bertz CT molecular complexity index is 346. The van der Waals surface area contributed by atoms with E-state index in [4.69, 9.17) is 0 Å². The summed E-state index contributed by atoms with van der Waals surface area (Å²) in [7, 11) is 1.82. The first-order chi connectivity index (χ1) is 8.15. The standard InChI is InChI=1S/C12H23N5/c1-9(2)13-8-11-6-4-5-10(11)7-12-14-16-17(3)15-12/h9-11,13H,4-8H2,1-3H3. The van der Waals surface area contributed by atoms with Crippen molar-refractivity contribution in [2.45, 2.75) is 45.6 Å². The maximum atomic E-state index is 4.28. The third kappa shape index (κ3) is 3.49. The Morgan fingerprint density at radius 1 is 1.35 bits per heavy atom. The van der Waals surface area contributed by atoms with Crippen LogP contribution in [-0.4, -0.2) is 32.8 Å². The third-order valence-electron chi connectivity index (χ3n) is 3.60. The second kappa shape index (κ2) is 5.58. The monoisotopic (exact) mass is 237 g/mol. The van der Waals surface area contributed by atoms with E-state index in [1.165, 1.54) is 19.3 Å². The summed E-state index contributed by atoms with van der Waals surface area (Å²) in [6.45, 7) is 5.53. The molecule has 2 rings (SSSR count). The molecule has 1 N–H and O–H groups in total. The van der Waals surface area contributed by atoms with Gasteiger partial charge in [-0.2, -0.15) is 4.80 Å². The van der Waals surface area contributed by atoms with Crippen molar-refractivity contribution in [1.29, 1.82) is 0 Å². The number of nitrogens with one attached hydrogen (secondary N) is 1. The van der Waals surface area contributed by atoms with Crippen molar-refractivity contribution < 1.29 is 0 Å². The van der Waals surface area contributed by atoms with Gasteiger partial charge in [0, 0.05) is 12.5 Å². The Morgan fingerprint density at radius 2 is 2.12 bits per heavy atom. The molecular weight excluding hydrogens is 214 g/mol. The smallest absolute Gasteiger partial charge is 0.175 e. The quantitative estimate of drug-likeness (QED) is 0.835. The lowest BCUT2D eigenvalue weighted by Crippen LogP contribution is -2.31. The molecule has 5 heteroatoms. The highest BCUT2D eigenvalue weighted by Gasteiger charge is 2.28. The van der Waals surface area contributed by atoms with E-state index in [0.29, 0.717) is 6.04 Å². The van der Waals surface area contributed by atoms with Crippen LogP contribution in [0.2, 0.25) is 0 Å². The topological polar surface area (TPSA) is 55.6 Å². The molecule has 2 unspecified atom stereocenters. The Balaban J connectivity index is 1.86. The Morgan fingerprint density at radius 3 is 2.76 bits per heavy atom. The predicted octanol–water partition coefficient (Wildman–Crippen LogP) is 1.17. The average molecular weight is 237 g/mol. The minimum atomic E-state index is 0.575. The van der Waals surface area contributed by atoms with Gasteiger partial charge in [0.1, 0.15) is 0 Å². The van der Waals surface area contributed by atoms with E-state index >= 15 is 0 Å². The maximum absolute atomic E-state index is 4.28. The Labute approximate surface area is 103 Å². The number of aryl methyl sites for hydroxylation is 1. The van der Waals surface area contributed by atoms with Gasteiger partial charge in [-0.25, -0.2) is 0 Å². The second-order valence-electron chi connectivity index (χ2n) is 5.41. The van der Waals surface area contributed by atoms with Crippen LogP contribution in [0.1, 0.15) is 38.9 Å². The van der Waals surface area contributed by atoms with Gasteiger partial charge in [-0.05, 0) is 36.4 Å². The summed E-state index contributed by atoms with van der Waals surface area (Å²) in [5.74, 6) is 2.40. The minimum Gasteiger partial charge on any atom is -0.314 e. The predicted molar refractivity (Wildman–Crippen MR) is 66.5 cm³/mol. The van der Waals surface area contributed by atoms with Crippen LogP contribution in [0.4, 0.5) is 0 Å². The van der Waals surface area contributed by atoms with Crippen LogP contribution < -0.4 is 5.32 Å². The molecule has 0 aromatic carbocycles. The maximum Gasteiger partial charge on any atom is 0.175 e. The highest BCUT2D eigenvalue weighted by molar-refractivity contribution is 4.88. The SMILES string of the molecule is CC(C)NCC1CCCC1Cc1nnn(C)n1. The van der Waals surface area contributed by atoms with Crippen LogP contribution in [0.15, 0.2) is 0 Å². The van der Waals surface area contributed by atoms with Gasteiger partial charge in [-0.15, -0.1) is 10.2 Å². The lowest BCUT2D eigenvalue weighted by atomic mass is 9.92. The van der Waals surface area contributed by atoms with Crippen LogP contribution in [0.5, 0.6) is 0 Å². The zero-order chi connectivity index (χ0) is 12.3. The molecule has 5 nitrogen and oxygen atoms in total. The second-order valence-corrected chi connectivity index (χ2v) is 5.41. The molecule has 1 aliphatic rings. The van der Waals surface area contributed by atoms with Crippen LogP contribution in [0.3, 0.4) is 0 Å². The normalized spacial score (nSPS) is 24.7. The summed E-state index contributed by atoms with van der Waals surface area (Å²) in [6, 6.07) is 0.575. The molecule has 0 spiro atoms. The Kier molecular flexibility index (Phi) is 4.10. The molecule has 1 aromatic heterocycles. The molecule has 0 aliphatic heterocycles. The van der Waals surface area contributed by atoms with Gasteiger partial charge in [0.25, 0.3) is 0 Å². The number of hydrogen-bond acceptors (Lipinski definition) is 4. The summed E-state index contributed by atoms with van der Waals surface area (Å²) < 4.78 is 0. The summed E-state index contributed by atoms with van der Waals surface area (Å²) >= 11 is 0. The molecule has 1 aromatic rings. The lowest BCUT2D eigenvalue weighted by Gasteiger charge is -2.20. The first-order valence-electron chi connectivity index (χ1n) is 6.61. The van der Waals surface area contributed by atoms with Crippen LogP contribution in [0.25, 0.3) is 0 Å². The van der Waals surface area contributed by atoms with Crippen molar-refractivity contribution in [1.82, 2.24) is 25.5 Å². The van der Waals surface area contributed by atoms with Crippen molar-refractivity contribution in [3.05, 3.63) is 5.82 Å². The van der Waals surface area contributed by atoms with E-state index in [0.717, 1.165) is 30.6 Å². The van der Waals surface area contributed by atoms with Crippen molar-refractivity contribution >= 4 is 0 Å². The summed E-state index contributed by atoms with van der Waals surface area (Å²) in [6.07, 6.45) is 4.97. The third-order valence-corrected chi connectivity index (χ3v) is 3.60. The molecule has 0 amide bonds. The number of nitrogens with zero attached hydrogens (tertiary/aromatic N) is 4. The molecule has 0 bridgehead atoms. The van der Waals surface area contributed by atoms with Gasteiger partial charge in [0.2, 0.25) is 0 Å². The van der Waals surface area contributed by atoms with Crippen LogP contribution in [0, 0.1) is 11.8 Å². The van der Waals surface area contributed by atoms with E-state index in [-0.39, 0.29) is 0 Å². The molecule has 17 heavy (non-hydrogen) atoms. The largest absolute Gasteiger partial charge is 0.314 e. The van der Waals surface area contributed by atoms with E-state index in [9.17, 15) is 0 Å². The van der Waals surface area contributed by atoms with E-state index < -0.39 is 0 Å². The van der Waals surface area contributed by atoms with Crippen LogP contribution >= 0.6 is 0 Å². The minimum absolute atomic E-state index is 0.575. The van der Waals surface area contributed by atoms with Gasteiger partial charge in [-0.1, -0.05) is 20.3 Å². The first-order valence-corrected chi connectivity index (χ1v) is 6.61. The van der Waals surface area contributed by atoms with E-state index in [1.807, 2.05) is 7.05 Å². The summed E-state index contributed by atoms with van der Waals surface area (Å²) in [5, 5.41) is 15.8. The fourth-order valence-corrected chi connectivity index (χ4v) is 2.68. The highest BCUT2D eigenvalue weighted by Crippen LogP contribution is 2.33. The molecule has 0 saturated heterocycles. The lowest BCUT2D eigenvalue weighted by molar-refractivity contribution is 0.349. The molecule has 1 saturated carbocycles. The van der Waals surface area contributed by atoms with Crippen molar-refractivity contribution in [3.8, 4) is 0 Å². The van der Waals surface area contributed by atoms with Crippen molar-refractivity contribution in [2.75, 3.05) is 6.54 Å². The number of tetrazole rings is 1. The van der Waals surface area contributed by atoms with Gasteiger partial charge in [-0.3, -0.25) is 0 Å². The van der Waals surface area contributed by atoms with E-state index in [1.54, 1.807) is 4.80 Å². The van der Waals surface area contributed by atoms with Gasteiger partial charge >= 0.3 is 0 Å². The zero-order valence-electron chi connectivity index (χ0n) is 11.1. The Hall–Kier alpha value is -0.970. The van der Waals surface area contributed by atoms with Crippen LogP contribution in [-0.2, 0) is 13.5 Å². The summed E-state index contributed by atoms with van der Waals surface area (Å²) in [4.78, 5) is 1.55. The van der Waals surface area contributed by atoms with Crippen molar-refractivity contribution in [3.63, 3.8) is 0 Å². The fourth-order valence-electron chi connectivity index (χ4n) is 2.68.